The Balaban J connectivity index is 1.48. The second-order valence-electron chi connectivity index (χ2n) is 9.12. The van der Waals surface area contributed by atoms with Crippen molar-refractivity contribution in [1.82, 2.24) is 20.4 Å². The first-order valence-electron chi connectivity index (χ1n) is 12.6. The minimum atomic E-state index is -0.487. The first kappa shape index (κ1) is 26.7. The van der Waals surface area contributed by atoms with Gasteiger partial charge in [0.15, 0.2) is 5.82 Å². The Hall–Kier alpha value is -4.38. The van der Waals surface area contributed by atoms with Crippen LogP contribution in [0.4, 0.5) is 22.0 Å². The lowest BCUT2D eigenvalue weighted by atomic mass is 10.0. The molecule has 1 aliphatic rings. The molecule has 0 bridgehead atoms. The maximum absolute atomic E-state index is 12.9. The summed E-state index contributed by atoms with van der Waals surface area (Å²) in [6, 6.07) is 6.27. The molecule has 38 heavy (non-hydrogen) atoms. The Labute approximate surface area is 221 Å². The highest BCUT2D eigenvalue weighted by Gasteiger charge is 2.26. The molecule has 1 aliphatic heterocycles. The molecule has 0 fully saturated rings. The standard InChI is InChI=1S/C27H33N7O4/c1-6-34(7-2)11-10-28-26(36)24-16(4)21(29-17(24)5)14-20-19-9-8-18(13-22(19)31-25(20)35)30-27(37)32-23-12-15(3)38-33-23/h8-9,12-14,29H,6-7,10-11H2,1-5H3,(H,28,36)(H,31,35)(H2,30,32,33,37). The number of carbonyl (C=O) groups is 3. The Kier molecular flexibility index (Phi) is 7.96. The van der Waals surface area contributed by atoms with Gasteiger partial charge in [0, 0.05) is 41.8 Å². The average molecular weight is 520 g/mol. The summed E-state index contributed by atoms with van der Waals surface area (Å²) in [6.45, 7) is 12.8. The van der Waals surface area contributed by atoms with Crippen LogP contribution < -0.4 is 21.3 Å². The number of hydrogen-bond acceptors (Lipinski definition) is 6. The monoisotopic (exact) mass is 519 g/mol. The smallest absolute Gasteiger partial charge is 0.324 e. The fourth-order valence-corrected chi connectivity index (χ4v) is 4.48. The predicted molar refractivity (Wildman–Crippen MR) is 147 cm³/mol. The molecule has 5 N–H and O–H groups in total. The van der Waals surface area contributed by atoms with Gasteiger partial charge in [0.25, 0.3) is 11.8 Å². The summed E-state index contributed by atoms with van der Waals surface area (Å²) in [4.78, 5) is 43.5. The molecule has 11 heteroatoms. The van der Waals surface area contributed by atoms with Crippen molar-refractivity contribution in [3.05, 3.63) is 58.1 Å². The van der Waals surface area contributed by atoms with Gasteiger partial charge in [-0.15, -0.1) is 0 Å². The number of benzene rings is 1. The largest absolute Gasteiger partial charge is 0.360 e. The second-order valence-corrected chi connectivity index (χ2v) is 9.12. The molecule has 0 saturated carbocycles. The molecule has 0 radical (unpaired) electrons. The minimum absolute atomic E-state index is 0.140. The van der Waals surface area contributed by atoms with E-state index >= 15 is 0 Å². The topological polar surface area (TPSA) is 144 Å². The fourth-order valence-electron chi connectivity index (χ4n) is 4.48. The molecule has 11 nitrogen and oxygen atoms in total. The van der Waals surface area contributed by atoms with Gasteiger partial charge in [-0.25, -0.2) is 4.79 Å². The number of hydrogen-bond donors (Lipinski definition) is 5. The summed E-state index contributed by atoms with van der Waals surface area (Å²) in [5, 5.41) is 14.9. The van der Waals surface area contributed by atoms with Gasteiger partial charge in [-0.3, -0.25) is 14.9 Å². The summed E-state index contributed by atoms with van der Waals surface area (Å²) < 4.78 is 4.94. The van der Waals surface area contributed by atoms with Gasteiger partial charge < -0.3 is 30.4 Å². The molecule has 4 rings (SSSR count). The molecule has 0 spiro atoms. The summed E-state index contributed by atoms with van der Waals surface area (Å²) in [7, 11) is 0. The molecule has 0 atom stereocenters. The van der Waals surface area contributed by atoms with Crippen LogP contribution in [-0.2, 0) is 4.79 Å². The lowest BCUT2D eigenvalue weighted by Gasteiger charge is -2.18. The van der Waals surface area contributed by atoms with E-state index in [1.807, 2.05) is 13.8 Å². The Morgan fingerprint density at radius 2 is 1.87 bits per heavy atom. The number of anilines is 3. The van der Waals surface area contributed by atoms with Crippen molar-refractivity contribution in [3.63, 3.8) is 0 Å². The van der Waals surface area contributed by atoms with Crippen LogP contribution in [0.2, 0.25) is 0 Å². The summed E-state index contributed by atoms with van der Waals surface area (Å²) in [5.41, 5.74) is 5.03. The number of carbonyl (C=O) groups excluding carboxylic acids is 3. The zero-order valence-corrected chi connectivity index (χ0v) is 22.2. The van der Waals surface area contributed by atoms with E-state index < -0.39 is 6.03 Å². The molecular formula is C27H33N7O4. The highest BCUT2D eigenvalue weighted by Crippen LogP contribution is 2.35. The van der Waals surface area contributed by atoms with Gasteiger partial charge in [0.2, 0.25) is 0 Å². The summed E-state index contributed by atoms with van der Waals surface area (Å²) in [5.74, 6) is 0.472. The van der Waals surface area contributed by atoms with E-state index in [0.29, 0.717) is 51.9 Å². The number of aromatic nitrogens is 2. The highest BCUT2D eigenvalue weighted by molar-refractivity contribution is 6.35. The number of aromatic amines is 1. The number of fused-ring (bicyclic) bond motifs is 1. The SMILES string of the molecule is CCN(CC)CCNC(=O)c1c(C)[nH]c(C=C2C(=O)Nc3cc(NC(=O)Nc4cc(C)on4)ccc32)c1C. The zero-order valence-electron chi connectivity index (χ0n) is 22.2. The van der Waals surface area contributed by atoms with E-state index in [1.165, 1.54) is 0 Å². The molecule has 0 aliphatic carbocycles. The maximum atomic E-state index is 12.9. The molecule has 1 aromatic carbocycles. The van der Waals surface area contributed by atoms with E-state index in [4.69, 9.17) is 4.52 Å². The van der Waals surface area contributed by atoms with Crippen LogP contribution in [0.5, 0.6) is 0 Å². The maximum Gasteiger partial charge on any atom is 0.324 e. The van der Waals surface area contributed by atoms with Crippen molar-refractivity contribution in [1.29, 1.82) is 0 Å². The van der Waals surface area contributed by atoms with Crippen molar-refractivity contribution in [2.24, 2.45) is 0 Å². The number of amides is 4. The van der Waals surface area contributed by atoms with Crippen molar-refractivity contribution in [2.45, 2.75) is 34.6 Å². The van der Waals surface area contributed by atoms with Crippen LogP contribution in [0.15, 0.2) is 28.8 Å². The predicted octanol–water partition coefficient (Wildman–Crippen LogP) is 4.14. The highest BCUT2D eigenvalue weighted by atomic mass is 16.5. The van der Waals surface area contributed by atoms with Gasteiger partial charge in [0.05, 0.1) is 16.8 Å². The van der Waals surface area contributed by atoms with Gasteiger partial charge in [-0.2, -0.15) is 0 Å². The average Bonchev–Trinajstić information content (AvgIpc) is 3.51. The Morgan fingerprint density at radius 1 is 1.11 bits per heavy atom. The second kappa shape index (κ2) is 11.3. The minimum Gasteiger partial charge on any atom is -0.360 e. The fraction of sp³-hybridized carbons (Fsp3) is 0.333. The molecule has 0 unspecified atom stereocenters. The van der Waals surface area contributed by atoms with Gasteiger partial charge >= 0.3 is 6.03 Å². The third-order valence-corrected chi connectivity index (χ3v) is 6.53. The molecule has 200 valence electrons. The van der Waals surface area contributed by atoms with E-state index in [-0.39, 0.29) is 11.8 Å². The van der Waals surface area contributed by atoms with E-state index in [1.54, 1.807) is 37.3 Å². The first-order chi connectivity index (χ1) is 18.2. The quantitative estimate of drug-likeness (QED) is 0.269. The normalized spacial score (nSPS) is 13.5. The number of aryl methyl sites for hydroxylation is 2. The van der Waals surface area contributed by atoms with Crippen molar-refractivity contribution in [2.75, 3.05) is 42.1 Å². The van der Waals surface area contributed by atoms with Crippen LogP contribution in [0, 0.1) is 20.8 Å². The van der Waals surface area contributed by atoms with E-state index in [2.05, 4.69) is 50.2 Å². The first-order valence-corrected chi connectivity index (χ1v) is 12.6. The van der Waals surface area contributed by atoms with Gasteiger partial charge in [-0.05, 0) is 57.6 Å². The number of likely N-dealkylation sites (N-methyl/N-ethyl adjacent to an activating group) is 1. The van der Waals surface area contributed by atoms with Crippen LogP contribution in [-0.4, -0.2) is 59.1 Å². The Morgan fingerprint density at radius 3 is 2.55 bits per heavy atom. The van der Waals surface area contributed by atoms with Crippen molar-refractivity contribution < 1.29 is 18.9 Å². The lowest BCUT2D eigenvalue weighted by molar-refractivity contribution is -0.110. The summed E-state index contributed by atoms with van der Waals surface area (Å²) >= 11 is 0. The lowest BCUT2D eigenvalue weighted by Crippen LogP contribution is -2.35. The number of H-pyrrole nitrogens is 1. The zero-order chi connectivity index (χ0) is 27.4. The number of urea groups is 1. The number of nitrogens with zero attached hydrogens (tertiary/aromatic N) is 2. The summed E-state index contributed by atoms with van der Waals surface area (Å²) in [6.07, 6.45) is 1.75. The van der Waals surface area contributed by atoms with E-state index in [9.17, 15) is 14.4 Å². The molecular weight excluding hydrogens is 486 g/mol. The van der Waals surface area contributed by atoms with Gasteiger partial charge in [-0.1, -0.05) is 25.1 Å². The van der Waals surface area contributed by atoms with E-state index in [0.717, 1.165) is 30.9 Å². The van der Waals surface area contributed by atoms with Crippen LogP contribution in [0.25, 0.3) is 11.6 Å². The molecule has 3 aromatic rings. The van der Waals surface area contributed by atoms with Gasteiger partial charge in [0.1, 0.15) is 5.76 Å². The van der Waals surface area contributed by atoms with Crippen molar-refractivity contribution in [3.8, 4) is 0 Å². The van der Waals surface area contributed by atoms with Crippen molar-refractivity contribution >= 4 is 46.7 Å². The molecule has 4 amide bonds. The third kappa shape index (κ3) is 5.78. The van der Waals surface area contributed by atoms with Crippen LogP contribution in [0.3, 0.4) is 0 Å². The Bertz CT molecular complexity index is 1400. The molecule has 3 heterocycles. The molecule has 2 aromatic heterocycles. The third-order valence-electron chi connectivity index (χ3n) is 6.53. The van der Waals surface area contributed by atoms with Crippen LogP contribution >= 0.6 is 0 Å². The number of rotatable bonds is 9. The molecule has 0 saturated heterocycles. The number of nitrogens with one attached hydrogen (secondary N) is 5. The van der Waals surface area contributed by atoms with Crippen LogP contribution in [0.1, 0.15) is 52.5 Å².